The number of benzene rings is 2. The van der Waals surface area contributed by atoms with Gasteiger partial charge in [-0.05, 0) is 48.4 Å². The molecule has 0 bridgehead atoms. The molecule has 1 amide bonds. The summed E-state index contributed by atoms with van der Waals surface area (Å²) in [5.41, 5.74) is 6.12. The van der Waals surface area contributed by atoms with E-state index in [1.54, 1.807) is 22.8 Å². The van der Waals surface area contributed by atoms with Crippen LogP contribution in [0.1, 0.15) is 25.2 Å². The maximum absolute atomic E-state index is 13.6. The molecule has 4 heterocycles. The van der Waals surface area contributed by atoms with E-state index in [4.69, 9.17) is 9.40 Å². The summed E-state index contributed by atoms with van der Waals surface area (Å²) in [6.45, 7) is 3.63. The van der Waals surface area contributed by atoms with Crippen LogP contribution < -0.4 is 5.56 Å². The van der Waals surface area contributed by atoms with E-state index in [9.17, 15) is 9.59 Å². The molecule has 2 aliphatic rings. The zero-order chi connectivity index (χ0) is 25.1. The van der Waals surface area contributed by atoms with E-state index >= 15 is 0 Å². The predicted octanol–water partition coefficient (Wildman–Crippen LogP) is 4.90. The lowest BCUT2D eigenvalue weighted by atomic mass is 10.0. The van der Waals surface area contributed by atoms with Gasteiger partial charge in [0.1, 0.15) is 5.82 Å². The number of carbonyl (C=O) groups excluding carboxylic acids is 1. The summed E-state index contributed by atoms with van der Waals surface area (Å²) in [6, 6.07) is 14.3. The van der Waals surface area contributed by atoms with Crippen LogP contribution >= 0.6 is 11.3 Å². The Hall–Kier alpha value is -3.85. The average Bonchev–Trinajstić information content (AvgIpc) is 3.29. The van der Waals surface area contributed by atoms with Crippen molar-refractivity contribution in [3.05, 3.63) is 64.2 Å². The smallest absolute Gasteiger partial charge is 0.283 e. The van der Waals surface area contributed by atoms with Gasteiger partial charge in [0, 0.05) is 38.0 Å². The number of amides is 1. The van der Waals surface area contributed by atoms with Crippen molar-refractivity contribution in [3.63, 3.8) is 0 Å². The highest BCUT2D eigenvalue weighted by Crippen LogP contribution is 2.33. The van der Waals surface area contributed by atoms with Gasteiger partial charge in [-0.15, -0.1) is 11.3 Å². The van der Waals surface area contributed by atoms with Crippen LogP contribution in [0.2, 0.25) is 0 Å². The average molecular weight is 512 g/mol. The van der Waals surface area contributed by atoms with Crippen molar-refractivity contribution in [2.24, 2.45) is 11.8 Å². The number of oxazole rings is 1. The highest BCUT2D eigenvalue weighted by Gasteiger charge is 2.37. The normalized spacial score (nSPS) is 17.8. The monoisotopic (exact) mass is 511 g/mol. The molecular formula is C28H25N5O3S. The molecule has 0 spiro atoms. The molecule has 0 N–H and O–H groups in total. The van der Waals surface area contributed by atoms with Gasteiger partial charge >= 0.3 is 0 Å². The Morgan fingerprint density at radius 1 is 1.05 bits per heavy atom. The van der Waals surface area contributed by atoms with Crippen LogP contribution in [0.25, 0.3) is 44.0 Å². The van der Waals surface area contributed by atoms with E-state index in [-0.39, 0.29) is 34.5 Å². The third kappa shape index (κ3) is 4.03. The second-order valence-electron chi connectivity index (χ2n) is 10.1. The fraction of sp³-hybridized carbons (Fsp3) is 0.321. The van der Waals surface area contributed by atoms with Gasteiger partial charge in [0.15, 0.2) is 11.4 Å². The molecule has 8 nitrogen and oxygen atoms in total. The summed E-state index contributed by atoms with van der Waals surface area (Å²) in [6.07, 6.45) is 2.88. The summed E-state index contributed by atoms with van der Waals surface area (Å²) in [5.74, 6) is 1.64. The molecular weight excluding hydrogens is 486 g/mol. The third-order valence-corrected chi connectivity index (χ3v) is 8.21. The SMILES string of the molecule is Cc1nc2c(=O)n(CC3CCN(C(=O)C4CC4)C3)c(-c3ccc(-c4ccc5scnc5c4)cc3)nc2o1. The van der Waals surface area contributed by atoms with Crippen molar-refractivity contribution in [3.8, 4) is 22.5 Å². The Morgan fingerprint density at radius 2 is 1.84 bits per heavy atom. The number of nitrogens with zero attached hydrogens (tertiary/aromatic N) is 5. The summed E-state index contributed by atoms with van der Waals surface area (Å²) < 4.78 is 8.53. The van der Waals surface area contributed by atoms with Gasteiger partial charge in [0.05, 0.1) is 15.7 Å². The van der Waals surface area contributed by atoms with Crippen molar-refractivity contribution >= 4 is 38.7 Å². The molecule has 0 radical (unpaired) electrons. The molecule has 1 unspecified atom stereocenters. The van der Waals surface area contributed by atoms with Gasteiger partial charge in [-0.1, -0.05) is 30.3 Å². The second-order valence-corrected chi connectivity index (χ2v) is 10.9. The molecule has 1 aliphatic heterocycles. The van der Waals surface area contributed by atoms with Crippen LogP contribution in [-0.2, 0) is 11.3 Å². The van der Waals surface area contributed by atoms with Crippen molar-refractivity contribution in [2.75, 3.05) is 13.1 Å². The first-order chi connectivity index (χ1) is 18.0. The molecule has 1 atom stereocenters. The number of thiazole rings is 1. The van der Waals surface area contributed by atoms with Crippen LogP contribution in [0, 0.1) is 18.8 Å². The number of hydrogen-bond donors (Lipinski definition) is 0. The molecule has 5 aromatic rings. The topological polar surface area (TPSA) is 94.1 Å². The van der Waals surface area contributed by atoms with Crippen LogP contribution in [0.15, 0.2) is 57.2 Å². The van der Waals surface area contributed by atoms with Gasteiger partial charge in [-0.25, -0.2) is 9.97 Å². The predicted molar refractivity (Wildman–Crippen MR) is 142 cm³/mol. The lowest BCUT2D eigenvalue weighted by Crippen LogP contribution is -2.32. The molecule has 2 aromatic carbocycles. The fourth-order valence-corrected chi connectivity index (χ4v) is 5.94. The van der Waals surface area contributed by atoms with Crippen LogP contribution in [0.5, 0.6) is 0 Å². The quantitative estimate of drug-likeness (QED) is 0.333. The molecule has 186 valence electrons. The van der Waals surface area contributed by atoms with Crippen molar-refractivity contribution in [1.82, 2.24) is 24.4 Å². The minimum absolute atomic E-state index is 0.190. The van der Waals surface area contributed by atoms with Gasteiger partial charge in [-0.3, -0.25) is 14.2 Å². The standard InChI is InChI=1S/C28H25N5O3S/c1-16-30-24-26(36-16)31-25(33(28(24)35)14-17-10-11-32(13-17)27(34)20-6-7-20)19-4-2-18(3-5-19)21-8-9-23-22(12-21)29-15-37-23/h2-5,8-9,12,15,17,20H,6-7,10-11,13-14H2,1H3. The Bertz CT molecular complexity index is 1710. The van der Waals surface area contributed by atoms with Crippen LogP contribution in [0.3, 0.4) is 0 Å². The first kappa shape index (κ1) is 22.4. The third-order valence-electron chi connectivity index (χ3n) is 7.40. The first-order valence-corrected chi connectivity index (χ1v) is 13.5. The highest BCUT2D eigenvalue weighted by molar-refractivity contribution is 7.16. The van der Waals surface area contributed by atoms with E-state index < -0.39 is 0 Å². The Morgan fingerprint density at radius 3 is 2.65 bits per heavy atom. The molecule has 9 heteroatoms. The van der Waals surface area contributed by atoms with Gasteiger partial charge in [0.25, 0.3) is 11.3 Å². The largest absolute Gasteiger partial charge is 0.422 e. The lowest BCUT2D eigenvalue weighted by Gasteiger charge is -2.18. The van der Waals surface area contributed by atoms with E-state index in [2.05, 4.69) is 28.2 Å². The summed E-state index contributed by atoms with van der Waals surface area (Å²) in [7, 11) is 0. The highest BCUT2D eigenvalue weighted by atomic mass is 32.1. The summed E-state index contributed by atoms with van der Waals surface area (Å²) >= 11 is 1.63. The summed E-state index contributed by atoms with van der Waals surface area (Å²) in [5, 5.41) is 0. The lowest BCUT2D eigenvalue weighted by molar-refractivity contribution is -0.131. The van der Waals surface area contributed by atoms with E-state index in [1.165, 1.54) is 0 Å². The Labute approximate surface area is 216 Å². The number of likely N-dealkylation sites (tertiary alicyclic amines) is 1. The number of hydrogen-bond acceptors (Lipinski definition) is 7. The summed E-state index contributed by atoms with van der Waals surface area (Å²) in [4.78, 5) is 41.6. The van der Waals surface area contributed by atoms with E-state index in [1.807, 2.05) is 34.7 Å². The number of rotatable bonds is 5. The van der Waals surface area contributed by atoms with Crippen LogP contribution in [0.4, 0.5) is 0 Å². The Kier molecular flexibility index (Phi) is 5.21. The molecule has 3 aromatic heterocycles. The van der Waals surface area contributed by atoms with Crippen molar-refractivity contribution in [1.29, 1.82) is 0 Å². The number of fused-ring (bicyclic) bond motifs is 2. The molecule has 1 saturated heterocycles. The van der Waals surface area contributed by atoms with Crippen molar-refractivity contribution in [2.45, 2.75) is 32.7 Å². The zero-order valence-electron chi connectivity index (χ0n) is 20.4. The number of carbonyl (C=O) groups is 1. The minimum Gasteiger partial charge on any atom is -0.422 e. The molecule has 1 saturated carbocycles. The van der Waals surface area contributed by atoms with E-state index in [0.29, 0.717) is 24.8 Å². The van der Waals surface area contributed by atoms with Gasteiger partial charge in [0.2, 0.25) is 5.91 Å². The van der Waals surface area contributed by atoms with Gasteiger partial charge in [-0.2, -0.15) is 4.98 Å². The zero-order valence-corrected chi connectivity index (χ0v) is 21.2. The van der Waals surface area contributed by atoms with Crippen LogP contribution in [-0.4, -0.2) is 43.4 Å². The first-order valence-electron chi connectivity index (χ1n) is 12.6. The second kappa shape index (κ2) is 8.62. The molecule has 2 fully saturated rings. The number of aryl methyl sites for hydroxylation is 1. The van der Waals surface area contributed by atoms with Gasteiger partial charge < -0.3 is 9.32 Å². The molecule has 7 rings (SSSR count). The minimum atomic E-state index is -0.207. The fourth-order valence-electron chi connectivity index (χ4n) is 5.28. The van der Waals surface area contributed by atoms with E-state index in [0.717, 1.165) is 52.7 Å². The maximum Gasteiger partial charge on any atom is 0.283 e. The Balaban J connectivity index is 1.24. The molecule has 1 aliphatic carbocycles. The number of aromatic nitrogens is 4. The molecule has 37 heavy (non-hydrogen) atoms. The maximum atomic E-state index is 13.6. The van der Waals surface area contributed by atoms with Crippen molar-refractivity contribution < 1.29 is 9.21 Å².